The van der Waals surface area contributed by atoms with Crippen molar-refractivity contribution in [3.63, 3.8) is 0 Å². The first kappa shape index (κ1) is 21.2. The normalized spacial score (nSPS) is 12.7. The molecule has 0 bridgehead atoms. The highest BCUT2D eigenvalue weighted by molar-refractivity contribution is 6.31. The topological polar surface area (TPSA) is 141 Å². The van der Waals surface area contributed by atoms with Gasteiger partial charge in [0.25, 0.3) is 0 Å². The third-order valence-electron chi connectivity index (χ3n) is 4.94. The van der Waals surface area contributed by atoms with Crippen molar-refractivity contribution in [1.82, 2.24) is 0 Å². The fourth-order valence-corrected chi connectivity index (χ4v) is 3.87. The van der Waals surface area contributed by atoms with E-state index in [1.54, 1.807) is 0 Å². The van der Waals surface area contributed by atoms with Crippen LogP contribution >= 0.6 is 23.2 Å². The molecule has 0 aliphatic carbocycles. The van der Waals surface area contributed by atoms with Crippen LogP contribution in [0.2, 0.25) is 10.0 Å². The van der Waals surface area contributed by atoms with Crippen molar-refractivity contribution < 1.29 is 29.3 Å². The molecule has 0 radical (unpaired) electrons. The molecule has 2 aromatic heterocycles. The number of aromatic hydroxyl groups is 2. The molecule has 0 saturated heterocycles. The first-order chi connectivity index (χ1) is 14.7. The van der Waals surface area contributed by atoms with Crippen molar-refractivity contribution in [1.29, 1.82) is 0 Å². The fraction of sp³-hybridized carbons (Fsp3) is 0.143. The van der Waals surface area contributed by atoms with Crippen molar-refractivity contribution in [2.75, 3.05) is 6.61 Å². The van der Waals surface area contributed by atoms with Gasteiger partial charge in [-0.2, -0.15) is 0 Å². The molecule has 160 valence electrons. The molecule has 1 atom stereocenters. The Morgan fingerprint density at radius 2 is 1.23 bits per heavy atom. The lowest BCUT2D eigenvalue weighted by Gasteiger charge is -2.22. The molecule has 0 aliphatic rings. The van der Waals surface area contributed by atoms with Crippen molar-refractivity contribution in [2.45, 2.75) is 12.0 Å². The van der Waals surface area contributed by atoms with Crippen LogP contribution in [-0.4, -0.2) is 33.1 Å². The van der Waals surface area contributed by atoms with Gasteiger partial charge in [0.2, 0.25) is 0 Å². The lowest BCUT2D eigenvalue weighted by Crippen LogP contribution is -2.31. The number of benzene rings is 2. The van der Waals surface area contributed by atoms with Crippen molar-refractivity contribution in [3.8, 4) is 11.5 Å². The molecule has 4 N–H and O–H groups in total. The number of rotatable bonds is 4. The van der Waals surface area contributed by atoms with Crippen molar-refractivity contribution in [3.05, 3.63) is 78.4 Å². The summed E-state index contributed by atoms with van der Waals surface area (Å²) in [6.45, 7) is -0.913. The first-order valence-corrected chi connectivity index (χ1v) is 9.68. The van der Waals surface area contributed by atoms with Gasteiger partial charge < -0.3 is 29.3 Å². The summed E-state index contributed by atoms with van der Waals surface area (Å²) in [6, 6.07) is 8.26. The number of aliphatic hydroxyl groups is 2. The Kier molecular flexibility index (Phi) is 5.40. The molecule has 4 rings (SSSR count). The van der Waals surface area contributed by atoms with E-state index in [0.29, 0.717) is 0 Å². The van der Waals surface area contributed by atoms with Crippen molar-refractivity contribution in [2.24, 2.45) is 0 Å². The molecule has 8 nitrogen and oxygen atoms in total. The lowest BCUT2D eigenvalue weighted by molar-refractivity contribution is 0.0795. The Morgan fingerprint density at radius 3 is 1.61 bits per heavy atom. The van der Waals surface area contributed by atoms with E-state index in [2.05, 4.69) is 0 Å². The van der Waals surface area contributed by atoms with E-state index in [1.165, 1.54) is 36.4 Å². The highest BCUT2D eigenvalue weighted by atomic mass is 35.5. The van der Waals surface area contributed by atoms with E-state index in [9.17, 15) is 30.0 Å². The van der Waals surface area contributed by atoms with E-state index in [1.807, 2.05) is 0 Å². The maximum Gasteiger partial charge on any atom is 0.343 e. The predicted molar refractivity (Wildman–Crippen MR) is 113 cm³/mol. The summed E-state index contributed by atoms with van der Waals surface area (Å²) < 4.78 is 10.4. The second kappa shape index (κ2) is 7.90. The Hall–Kier alpha value is -3.04. The molecule has 4 aromatic rings. The highest BCUT2D eigenvalue weighted by Crippen LogP contribution is 2.40. The van der Waals surface area contributed by atoms with E-state index in [-0.39, 0.29) is 32.0 Å². The van der Waals surface area contributed by atoms with Crippen LogP contribution in [0.15, 0.2) is 54.8 Å². The van der Waals surface area contributed by atoms with E-state index in [4.69, 9.17) is 32.0 Å². The molecule has 0 amide bonds. The maximum absolute atomic E-state index is 12.7. The maximum atomic E-state index is 12.7. The Balaban J connectivity index is 2.10. The summed E-state index contributed by atoms with van der Waals surface area (Å²) in [6.07, 6.45) is -1.78. The van der Waals surface area contributed by atoms with Crippen LogP contribution in [0.25, 0.3) is 21.9 Å². The molecular formula is C21H14Cl2O8. The van der Waals surface area contributed by atoms with Crippen LogP contribution in [0.4, 0.5) is 0 Å². The van der Waals surface area contributed by atoms with Gasteiger partial charge >= 0.3 is 11.3 Å². The predicted octanol–water partition coefficient (Wildman–Crippen LogP) is 3.10. The number of aliphatic hydroxyl groups excluding tert-OH is 2. The molecule has 0 fully saturated rings. The summed E-state index contributed by atoms with van der Waals surface area (Å²) in [7, 11) is 0. The van der Waals surface area contributed by atoms with Crippen LogP contribution in [0.3, 0.4) is 0 Å². The quantitative estimate of drug-likeness (QED) is 0.337. The number of hydrogen-bond donors (Lipinski definition) is 4. The molecule has 0 saturated carbocycles. The summed E-state index contributed by atoms with van der Waals surface area (Å²) >= 11 is 11.9. The Labute approximate surface area is 183 Å². The minimum atomic E-state index is -1.78. The zero-order valence-electron chi connectivity index (χ0n) is 15.5. The zero-order chi connectivity index (χ0) is 22.4. The highest BCUT2D eigenvalue weighted by Gasteiger charge is 2.36. The summed E-state index contributed by atoms with van der Waals surface area (Å²) in [5.74, 6) is -2.95. The molecule has 2 heterocycles. The third-order valence-corrected chi connectivity index (χ3v) is 5.41. The molecule has 1 unspecified atom stereocenters. The molecule has 31 heavy (non-hydrogen) atoms. The van der Waals surface area contributed by atoms with Gasteiger partial charge in [-0.1, -0.05) is 23.2 Å². The average molecular weight is 465 g/mol. The second-order valence-corrected chi connectivity index (χ2v) is 7.69. The standard InChI is InChI=1S/C21H14Cl2O8/c22-8-1-3-13-10(5-8)18(26)16(20(28)30-13)15(12(25)7-24)17-19(27)11-6-9(23)2-4-14(11)31-21(17)29/h1-6,12,15,24-27H,7H2. The summed E-state index contributed by atoms with van der Waals surface area (Å²) in [4.78, 5) is 25.5. The Bertz CT molecular complexity index is 1330. The number of fused-ring (bicyclic) bond motifs is 2. The summed E-state index contributed by atoms with van der Waals surface area (Å²) in [5.41, 5.74) is -3.27. The van der Waals surface area contributed by atoms with Crippen LogP contribution < -0.4 is 11.3 Å². The van der Waals surface area contributed by atoms with Crippen molar-refractivity contribution >= 4 is 45.1 Å². The van der Waals surface area contributed by atoms with Gasteiger partial charge in [-0.05, 0) is 36.4 Å². The van der Waals surface area contributed by atoms with Gasteiger partial charge in [-0.3, -0.25) is 0 Å². The van der Waals surface area contributed by atoms with E-state index in [0.717, 1.165) is 0 Å². The van der Waals surface area contributed by atoms with Gasteiger partial charge in [-0.15, -0.1) is 0 Å². The smallest absolute Gasteiger partial charge is 0.343 e. The van der Waals surface area contributed by atoms with Gasteiger partial charge in [0.1, 0.15) is 22.7 Å². The van der Waals surface area contributed by atoms with E-state index < -0.39 is 52.5 Å². The molecule has 10 heteroatoms. The molecule has 0 aliphatic heterocycles. The molecule has 0 spiro atoms. The van der Waals surface area contributed by atoms with Crippen LogP contribution in [0, 0.1) is 0 Å². The SMILES string of the molecule is O=c1oc2ccc(Cl)cc2c(O)c1C(c1c(O)c2cc(Cl)ccc2oc1=O)C(O)CO. The largest absolute Gasteiger partial charge is 0.507 e. The molecular weight excluding hydrogens is 451 g/mol. The first-order valence-electron chi connectivity index (χ1n) is 8.92. The number of halogens is 2. The third kappa shape index (κ3) is 3.53. The van der Waals surface area contributed by atoms with Gasteiger partial charge in [0.15, 0.2) is 0 Å². The average Bonchev–Trinajstić information content (AvgIpc) is 2.73. The second-order valence-electron chi connectivity index (χ2n) is 6.81. The van der Waals surface area contributed by atoms with E-state index >= 15 is 0 Å². The van der Waals surface area contributed by atoms with Crippen LogP contribution in [0.1, 0.15) is 17.0 Å². The van der Waals surface area contributed by atoms with Gasteiger partial charge in [0.05, 0.1) is 40.5 Å². The zero-order valence-corrected chi connectivity index (χ0v) is 17.0. The molecule has 2 aromatic carbocycles. The van der Waals surface area contributed by atoms with Gasteiger partial charge in [0, 0.05) is 10.0 Å². The monoisotopic (exact) mass is 464 g/mol. The number of hydrogen-bond acceptors (Lipinski definition) is 8. The fourth-order valence-electron chi connectivity index (χ4n) is 3.53. The Morgan fingerprint density at radius 1 is 0.806 bits per heavy atom. The summed E-state index contributed by atoms with van der Waals surface area (Å²) in [5, 5.41) is 42.2. The minimum absolute atomic E-state index is 0.00874. The van der Waals surface area contributed by atoms with Gasteiger partial charge in [-0.25, -0.2) is 9.59 Å². The van der Waals surface area contributed by atoms with Crippen LogP contribution in [0.5, 0.6) is 11.5 Å². The lowest BCUT2D eigenvalue weighted by atomic mass is 9.86. The van der Waals surface area contributed by atoms with Crippen LogP contribution in [-0.2, 0) is 0 Å². The minimum Gasteiger partial charge on any atom is -0.507 e.